The molecule has 0 saturated carbocycles. The summed E-state index contributed by atoms with van der Waals surface area (Å²) in [5.41, 5.74) is 12.5. The summed E-state index contributed by atoms with van der Waals surface area (Å²) in [4.78, 5) is 15.9. The number of pyridine rings is 1. The minimum atomic E-state index is -0.0964. The summed E-state index contributed by atoms with van der Waals surface area (Å²) in [5, 5.41) is 0. The number of aryl methyl sites for hydroxylation is 1. The zero-order valence-electron chi connectivity index (χ0n) is 9.16. The number of ketones is 1. The van der Waals surface area contributed by atoms with E-state index in [0.29, 0.717) is 24.3 Å². The van der Waals surface area contributed by atoms with E-state index in [1.54, 1.807) is 12.3 Å². The first-order valence-electron chi connectivity index (χ1n) is 5.02. The van der Waals surface area contributed by atoms with Crippen LogP contribution in [0.15, 0.2) is 12.3 Å². The maximum absolute atomic E-state index is 11.9. The molecule has 0 spiro atoms. The number of carbonyl (C=O) groups is 1. The zero-order valence-corrected chi connectivity index (χ0v) is 9.16. The molecule has 4 N–H and O–H groups in total. The number of nitrogen functional groups attached to an aromatic ring is 1. The fraction of sp³-hybridized carbons (Fsp3) is 0.455. The fourth-order valence-corrected chi connectivity index (χ4v) is 1.42. The largest absolute Gasteiger partial charge is 0.383 e. The van der Waals surface area contributed by atoms with Crippen LogP contribution in [0.1, 0.15) is 29.3 Å². The van der Waals surface area contributed by atoms with Gasteiger partial charge in [0.15, 0.2) is 5.78 Å². The van der Waals surface area contributed by atoms with E-state index in [1.165, 1.54) is 0 Å². The first-order valence-corrected chi connectivity index (χ1v) is 5.02. The van der Waals surface area contributed by atoms with Gasteiger partial charge in [-0.3, -0.25) is 4.79 Å². The van der Waals surface area contributed by atoms with E-state index in [2.05, 4.69) is 4.98 Å². The topological polar surface area (TPSA) is 82.0 Å². The summed E-state index contributed by atoms with van der Waals surface area (Å²) in [7, 11) is 0. The molecular weight excluding hydrogens is 190 g/mol. The van der Waals surface area contributed by atoms with Gasteiger partial charge in [-0.2, -0.15) is 0 Å². The Balaban J connectivity index is 2.95. The van der Waals surface area contributed by atoms with E-state index in [0.717, 1.165) is 5.56 Å². The molecule has 0 fully saturated rings. The van der Waals surface area contributed by atoms with Crippen LogP contribution in [-0.2, 0) is 0 Å². The van der Waals surface area contributed by atoms with Crippen LogP contribution < -0.4 is 11.5 Å². The molecule has 0 aromatic carbocycles. The Hall–Kier alpha value is -1.42. The molecule has 4 nitrogen and oxygen atoms in total. The normalized spacial score (nSPS) is 12.5. The summed E-state index contributed by atoms with van der Waals surface area (Å²) >= 11 is 0. The molecule has 0 radical (unpaired) electrons. The van der Waals surface area contributed by atoms with Crippen LogP contribution in [0, 0.1) is 12.8 Å². The molecule has 0 aliphatic heterocycles. The fourth-order valence-electron chi connectivity index (χ4n) is 1.42. The smallest absolute Gasteiger partial charge is 0.169 e. The highest BCUT2D eigenvalue weighted by atomic mass is 16.1. The van der Waals surface area contributed by atoms with E-state index in [9.17, 15) is 4.79 Å². The number of hydrogen-bond donors (Lipinski definition) is 2. The number of nitrogens with two attached hydrogens (primary N) is 2. The Kier molecular flexibility index (Phi) is 3.80. The molecule has 1 aromatic heterocycles. The highest BCUT2D eigenvalue weighted by Gasteiger charge is 2.17. The second-order valence-corrected chi connectivity index (χ2v) is 3.79. The Bertz CT molecular complexity index is 363. The first kappa shape index (κ1) is 11.7. The van der Waals surface area contributed by atoms with E-state index in [1.807, 2.05) is 13.8 Å². The van der Waals surface area contributed by atoms with Crippen LogP contribution in [-0.4, -0.2) is 17.3 Å². The molecule has 1 heterocycles. The predicted molar refractivity (Wildman–Crippen MR) is 60.6 cm³/mol. The van der Waals surface area contributed by atoms with Gasteiger partial charge in [-0.05, 0) is 31.5 Å². The van der Waals surface area contributed by atoms with E-state index < -0.39 is 0 Å². The lowest BCUT2D eigenvalue weighted by atomic mass is 9.96. The van der Waals surface area contributed by atoms with Gasteiger partial charge in [0, 0.05) is 12.1 Å². The van der Waals surface area contributed by atoms with Gasteiger partial charge in [0.25, 0.3) is 0 Å². The van der Waals surface area contributed by atoms with Gasteiger partial charge < -0.3 is 11.5 Å². The number of nitrogens with zero attached hydrogens (tertiary/aromatic N) is 1. The lowest BCUT2D eigenvalue weighted by molar-refractivity contribution is 0.0926. The monoisotopic (exact) mass is 207 g/mol. The van der Waals surface area contributed by atoms with Crippen LogP contribution in [0.25, 0.3) is 0 Å². The number of anilines is 1. The first-order chi connectivity index (χ1) is 7.06. The van der Waals surface area contributed by atoms with Gasteiger partial charge in [0.05, 0.1) is 5.56 Å². The number of hydrogen-bond acceptors (Lipinski definition) is 4. The number of carbonyl (C=O) groups excluding carboxylic acids is 1. The van der Waals surface area contributed by atoms with Crippen molar-refractivity contribution in [1.82, 2.24) is 4.98 Å². The molecule has 1 rings (SSSR count). The van der Waals surface area contributed by atoms with Crippen molar-refractivity contribution in [3.63, 3.8) is 0 Å². The van der Waals surface area contributed by atoms with Gasteiger partial charge in [-0.15, -0.1) is 0 Å². The molecule has 15 heavy (non-hydrogen) atoms. The molecule has 1 unspecified atom stereocenters. The quantitative estimate of drug-likeness (QED) is 0.725. The molecule has 1 aromatic rings. The Morgan fingerprint density at radius 1 is 1.60 bits per heavy atom. The van der Waals surface area contributed by atoms with Gasteiger partial charge in [0.1, 0.15) is 5.82 Å². The third-order valence-corrected chi connectivity index (χ3v) is 2.37. The SMILES string of the molecule is Cc1cnc(N)c(C(=O)C(C)CCN)c1. The van der Waals surface area contributed by atoms with Crippen molar-refractivity contribution in [3.05, 3.63) is 23.4 Å². The third kappa shape index (κ3) is 2.76. The van der Waals surface area contributed by atoms with Gasteiger partial charge in [-0.1, -0.05) is 6.92 Å². The minimum absolute atomic E-state index is 0.0224. The summed E-state index contributed by atoms with van der Waals surface area (Å²) in [5.74, 6) is 0.226. The second kappa shape index (κ2) is 4.89. The Labute approximate surface area is 89.7 Å². The van der Waals surface area contributed by atoms with Crippen LogP contribution in [0.2, 0.25) is 0 Å². The minimum Gasteiger partial charge on any atom is -0.383 e. The molecule has 0 aliphatic rings. The van der Waals surface area contributed by atoms with Gasteiger partial charge in [0.2, 0.25) is 0 Å². The molecule has 0 amide bonds. The molecule has 1 atom stereocenters. The molecule has 82 valence electrons. The van der Waals surface area contributed by atoms with Crippen molar-refractivity contribution in [2.24, 2.45) is 11.7 Å². The second-order valence-electron chi connectivity index (χ2n) is 3.79. The number of rotatable bonds is 4. The van der Waals surface area contributed by atoms with Gasteiger partial charge in [-0.25, -0.2) is 4.98 Å². The lowest BCUT2D eigenvalue weighted by Gasteiger charge is -2.10. The highest BCUT2D eigenvalue weighted by molar-refractivity contribution is 6.01. The molecule has 0 aliphatic carbocycles. The van der Waals surface area contributed by atoms with E-state index >= 15 is 0 Å². The Morgan fingerprint density at radius 2 is 2.27 bits per heavy atom. The van der Waals surface area contributed by atoms with Crippen LogP contribution >= 0.6 is 0 Å². The molecule has 4 heteroatoms. The standard InChI is InChI=1S/C11H17N3O/c1-7-5-9(11(13)14-6-7)10(15)8(2)3-4-12/h5-6,8H,3-4,12H2,1-2H3,(H2,13,14). The average molecular weight is 207 g/mol. The van der Waals surface area contributed by atoms with Crippen molar-refractivity contribution in [1.29, 1.82) is 0 Å². The molecule has 0 bridgehead atoms. The van der Waals surface area contributed by atoms with Crippen LogP contribution in [0.3, 0.4) is 0 Å². The number of aromatic nitrogens is 1. The van der Waals surface area contributed by atoms with E-state index in [4.69, 9.17) is 11.5 Å². The molecular formula is C11H17N3O. The van der Waals surface area contributed by atoms with Gasteiger partial charge >= 0.3 is 0 Å². The zero-order chi connectivity index (χ0) is 11.4. The van der Waals surface area contributed by atoms with Crippen molar-refractivity contribution >= 4 is 11.6 Å². The highest BCUT2D eigenvalue weighted by Crippen LogP contribution is 2.17. The van der Waals surface area contributed by atoms with Crippen molar-refractivity contribution in [2.75, 3.05) is 12.3 Å². The Morgan fingerprint density at radius 3 is 2.87 bits per heavy atom. The van der Waals surface area contributed by atoms with E-state index in [-0.39, 0.29) is 11.7 Å². The average Bonchev–Trinajstić information content (AvgIpc) is 2.21. The maximum Gasteiger partial charge on any atom is 0.169 e. The lowest BCUT2D eigenvalue weighted by Crippen LogP contribution is -2.17. The summed E-state index contributed by atoms with van der Waals surface area (Å²) < 4.78 is 0. The summed E-state index contributed by atoms with van der Waals surface area (Å²) in [6, 6.07) is 1.78. The van der Waals surface area contributed by atoms with Crippen LogP contribution in [0.4, 0.5) is 5.82 Å². The molecule has 0 saturated heterocycles. The van der Waals surface area contributed by atoms with Crippen LogP contribution in [0.5, 0.6) is 0 Å². The summed E-state index contributed by atoms with van der Waals surface area (Å²) in [6.07, 6.45) is 2.33. The third-order valence-electron chi connectivity index (χ3n) is 2.37. The van der Waals surface area contributed by atoms with Crippen molar-refractivity contribution in [2.45, 2.75) is 20.3 Å². The van der Waals surface area contributed by atoms with Crippen molar-refractivity contribution in [3.8, 4) is 0 Å². The summed E-state index contributed by atoms with van der Waals surface area (Å²) in [6.45, 7) is 4.25. The predicted octanol–water partition coefficient (Wildman–Crippen LogP) is 1.14. The van der Waals surface area contributed by atoms with Crippen molar-refractivity contribution < 1.29 is 4.79 Å². The number of Topliss-reactive ketones (excluding diaryl/α,β-unsaturated/α-hetero) is 1. The maximum atomic E-state index is 11.9.